The second-order valence-electron chi connectivity index (χ2n) is 4.01. The Kier molecular flexibility index (Phi) is 4.39. The summed E-state index contributed by atoms with van der Waals surface area (Å²) < 4.78 is 1.94. The van der Waals surface area contributed by atoms with Gasteiger partial charge in [-0.3, -0.25) is 0 Å². The highest BCUT2D eigenvalue weighted by atomic mass is 35.5. The van der Waals surface area contributed by atoms with Crippen molar-refractivity contribution in [3.8, 4) is 0 Å². The predicted octanol–water partition coefficient (Wildman–Crippen LogP) is 3.56. The molecule has 2 rings (SSSR count). The average Bonchev–Trinajstić information content (AvgIpc) is 2.87. The average molecular weight is 283 g/mol. The molecule has 1 heterocycles. The standard InChI is InChI=1S/C13H12Cl2N2O/c14-12-2-1-10(7-13(12)15)11(8-18)3-5-17-6-4-16-9-17/h1-2,4,6-9,11H,3,5H2/t11-/m0/s1. The van der Waals surface area contributed by atoms with Gasteiger partial charge >= 0.3 is 0 Å². The molecule has 1 aromatic heterocycles. The Hall–Kier alpha value is -1.32. The number of aryl methyl sites for hydroxylation is 1. The number of halogens is 2. The van der Waals surface area contributed by atoms with Crippen LogP contribution in [0.15, 0.2) is 36.9 Å². The number of aromatic nitrogens is 2. The third-order valence-corrected chi connectivity index (χ3v) is 3.53. The predicted molar refractivity (Wildman–Crippen MR) is 72.1 cm³/mol. The number of rotatable bonds is 5. The number of aldehydes is 1. The van der Waals surface area contributed by atoms with Gasteiger partial charge in [0.15, 0.2) is 0 Å². The number of carbonyl (C=O) groups excluding carboxylic acids is 1. The van der Waals surface area contributed by atoms with Gasteiger partial charge in [0.2, 0.25) is 0 Å². The van der Waals surface area contributed by atoms with Crippen molar-refractivity contribution < 1.29 is 4.79 Å². The maximum absolute atomic E-state index is 11.2. The Bertz CT molecular complexity index is 526. The van der Waals surface area contributed by atoms with E-state index in [1.807, 2.05) is 16.8 Å². The van der Waals surface area contributed by atoms with Crippen molar-refractivity contribution in [1.82, 2.24) is 9.55 Å². The van der Waals surface area contributed by atoms with Crippen molar-refractivity contribution in [3.05, 3.63) is 52.5 Å². The van der Waals surface area contributed by atoms with Crippen molar-refractivity contribution in [2.45, 2.75) is 18.9 Å². The first kappa shape index (κ1) is 13.1. The van der Waals surface area contributed by atoms with Crippen LogP contribution in [0.2, 0.25) is 10.0 Å². The molecule has 5 heteroatoms. The van der Waals surface area contributed by atoms with Crippen molar-refractivity contribution in [1.29, 1.82) is 0 Å². The van der Waals surface area contributed by atoms with Gasteiger partial charge in [0.05, 0.1) is 16.4 Å². The van der Waals surface area contributed by atoms with E-state index in [9.17, 15) is 4.79 Å². The quantitative estimate of drug-likeness (QED) is 0.786. The van der Waals surface area contributed by atoms with Gasteiger partial charge in [-0.2, -0.15) is 0 Å². The van der Waals surface area contributed by atoms with E-state index < -0.39 is 0 Å². The van der Waals surface area contributed by atoms with E-state index >= 15 is 0 Å². The Morgan fingerprint density at radius 3 is 2.78 bits per heavy atom. The van der Waals surface area contributed by atoms with Gasteiger partial charge in [-0.1, -0.05) is 29.3 Å². The topological polar surface area (TPSA) is 34.9 Å². The van der Waals surface area contributed by atoms with Gasteiger partial charge in [-0.05, 0) is 24.1 Å². The first-order chi connectivity index (χ1) is 8.70. The first-order valence-corrected chi connectivity index (χ1v) is 6.32. The minimum atomic E-state index is -0.179. The van der Waals surface area contributed by atoms with Crippen molar-refractivity contribution >= 4 is 29.5 Å². The summed E-state index contributed by atoms with van der Waals surface area (Å²) in [6, 6.07) is 5.30. The minimum absolute atomic E-state index is 0.179. The van der Waals surface area contributed by atoms with Crippen LogP contribution in [-0.4, -0.2) is 15.8 Å². The number of nitrogens with zero attached hydrogens (tertiary/aromatic N) is 2. The molecule has 0 aliphatic carbocycles. The maximum atomic E-state index is 11.2. The van der Waals surface area contributed by atoms with Crippen molar-refractivity contribution in [2.24, 2.45) is 0 Å². The van der Waals surface area contributed by atoms with Crippen LogP contribution < -0.4 is 0 Å². The van der Waals surface area contributed by atoms with Crippen molar-refractivity contribution in [3.63, 3.8) is 0 Å². The molecule has 0 aliphatic rings. The molecule has 0 saturated carbocycles. The molecular weight excluding hydrogens is 271 g/mol. The lowest BCUT2D eigenvalue weighted by Gasteiger charge is -2.11. The zero-order valence-corrected chi connectivity index (χ0v) is 11.1. The number of benzene rings is 1. The molecule has 0 amide bonds. The number of hydrogen-bond acceptors (Lipinski definition) is 2. The van der Waals surface area contributed by atoms with Crippen LogP contribution in [0, 0.1) is 0 Å². The molecule has 0 aliphatic heterocycles. The van der Waals surface area contributed by atoms with Gasteiger partial charge in [-0.25, -0.2) is 4.98 Å². The van der Waals surface area contributed by atoms with Gasteiger partial charge < -0.3 is 9.36 Å². The SMILES string of the molecule is O=C[C@H](CCn1ccnc1)c1ccc(Cl)c(Cl)c1. The summed E-state index contributed by atoms with van der Waals surface area (Å²) in [6.45, 7) is 0.740. The monoisotopic (exact) mass is 282 g/mol. The number of hydrogen-bond donors (Lipinski definition) is 0. The van der Waals surface area contributed by atoms with Crippen LogP contribution in [0.1, 0.15) is 17.9 Å². The Labute approximate surface area is 115 Å². The minimum Gasteiger partial charge on any atom is -0.337 e. The molecule has 0 unspecified atom stereocenters. The summed E-state index contributed by atoms with van der Waals surface area (Å²) in [6.07, 6.45) is 6.97. The lowest BCUT2D eigenvalue weighted by Crippen LogP contribution is -2.05. The summed E-state index contributed by atoms with van der Waals surface area (Å²) in [5.74, 6) is -0.179. The van der Waals surface area contributed by atoms with E-state index in [2.05, 4.69) is 4.98 Å². The molecule has 0 N–H and O–H groups in total. The van der Waals surface area contributed by atoms with E-state index in [0.717, 1.165) is 18.4 Å². The fourth-order valence-corrected chi connectivity index (χ4v) is 2.07. The molecule has 2 aromatic rings. The molecule has 0 saturated heterocycles. The third-order valence-electron chi connectivity index (χ3n) is 2.79. The van der Waals surface area contributed by atoms with Gasteiger partial charge in [0.1, 0.15) is 6.29 Å². The highest BCUT2D eigenvalue weighted by Crippen LogP contribution is 2.27. The maximum Gasteiger partial charge on any atom is 0.127 e. The van der Waals surface area contributed by atoms with Gasteiger partial charge in [0.25, 0.3) is 0 Å². The van der Waals surface area contributed by atoms with E-state index in [4.69, 9.17) is 23.2 Å². The summed E-state index contributed by atoms with van der Waals surface area (Å²) in [5, 5.41) is 0.975. The summed E-state index contributed by atoms with van der Waals surface area (Å²) in [4.78, 5) is 15.1. The summed E-state index contributed by atoms with van der Waals surface area (Å²) >= 11 is 11.8. The van der Waals surface area contributed by atoms with Crippen LogP contribution >= 0.6 is 23.2 Å². The van der Waals surface area contributed by atoms with Gasteiger partial charge in [0, 0.05) is 24.9 Å². The smallest absolute Gasteiger partial charge is 0.127 e. The van der Waals surface area contributed by atoms with Gasteiger partial charge in [-0.15, -0.1) is 0 Å². The largest absolute Gasteiger partial charge is 0.337 e. The van der Waals surface area contributed by atoms with Crippen LogP contribution in [-0.2, 0) is 11.3 Å². The van der Waals surface area contributed by atoms with E-state index in [0.29, 0.717) is 16.5 Å². The first-order valence-electron chi connectivity index (χ1n) is 5.56. The second-order valence-corrected chi connectivity index (χ2v) is 4.82. The molecule has 1 aromatic carbocycles. The van der Waals surface area contributed by atoms with Crippen LogP contribution in [0.25, 0.3) is 0 Å². The molecule has 3 nitrogen and oxygen atoms in total. The molecule has 0 spiro atoms. The van der Waals surface area contributed by atoms with Crippen LogP contribution in [0.4, 0.5) is 0 Å². The summed E-state index contributed by atoms with van der Waals surface area (Å²) in [5.41, 5.74) is 0.888. The summed E-state index contributed by atoms with van der Waals surface area (Å²) in [7, 11) is 0. The highest BCUT2D eigenvalue weighted by molar-refractivity contribution is 6.42. The van der Waals surface area contributed by atoms with E-state index in [-0.39, 0.29) is 5.92 Å². The molecule has 18 heavy (non-hydrogen) atoms. The Morgan fingerprint density at radius 2 is 2.17 bits per heavy atom. The lowest BCUT2D eigenvalue weighted by atomic mass is 9.97. The molecular formula is C13H12Cl2N2O. The van der Waals surface area contributed by atoms with Crippen LogP contribution in [0.5, 0.6) is 0 Å². The fraction of sp³-hybridized carbons (Fsp3) is 0.231. The Balaban J connectivity index is 2.08. The Morgan fingerprint density at radius 1 is 1.33 bits per heavy atom. The highest BCUT2D eigenvalue weighted by Gasteiger charge is 2.12. The van der Waals surface area contributed by atoms with Crippen molar-refractivity contribution in [2.75, 3.05) is 0 Å². The lowest BCUT2D eigenvalue weighted by molar-refractivity contribution is -0.109. The number of imidazole rings is 1. The molecule has 0 radical (unpaired) electrons. The molecule has 0 bridgehead atoms. The zero-order valence-electron chi connectivity index (χ0n) is 9.59. The molecule has 1 atom stereocenters. The van der Waals surface area contributed by atoms with Crippen LogP contribution in [0.3, 0.4) is 0 Å². The molecule has 0 fully saturated rings. The number of carbonyl (C=O) groups is 1. The van der Waals surface area contributed by atoms with E-state index in [1.165, 1.54) is 0 Å². The second kappa shape index (κ2) is 6.03. The van der Waals surface area contributed by atoms with E-state index in [1.54, 1.807) is 24.7 Å². The molecule has 94 valence electrons. The normalized spacial score (nSPS) is 12.3. The fourth-order valence-electron chi connectivity index (χ4n) is 1.76. The zero-order chi connectivity index (χ0) is 13.0. The third kappa shape index (κ3) is 3.12.